The Kier molecular flexibility index (Phi) is 6.36. The summed E-state index contributed by atoms with van der Waals surface area (Å²) in [7, 11) is 0. The van der Waals surface area contributed by atoms with E-state index >= 15 is 0 Å². The second-order valence-corrected chi connectivity index (χ2v) is 9.74. The Morgan fingerprint density at radius 2 is 1.94 bits per heavy atom. The van der Waals surface area contributed by atoms with Gasteiger partial charge >= 0.3 is 6.03 Å². The number of hydrogen-bond donors (Lipinski definition) is 3. The number of carbonyl (C=O) groups excluding carboxylic acids is 3. The standard InChI is InChI=1S/C22H29N5O3S/c1-13-11-17(25-24-13)23-18(28)12-27-21-19(14(2)15(3)31-21)20(29)26(22(27)30)10-9-16-7-5-4-6-8-16/h4-8,13,17,19,21,24-25H,9-12H2,1-3H3,(H,23,28). The molecular weight excluding hydrogens is 414 g/mol. The number of hydrazine groups is 1. The van der Waals surface area contributed by atoms with Crippen LogP contribution in [-0.2, 0) is 16.0 Å². The maximum Gasteiger partial charge on any atom is 0.328 e. The minimum Gasteiger partial charge on any atom is -0.338 e. The average molecular weight is 444 g/mol. The van der Waals surface area contributed by atoms with Gasteiger partial charge in [0.05, 0.1) is 17.5 Å². The average Bonchev–Trinajstić information content (AvgIpc) is 3.28. The highest BCUT2D eigenvalue weighted by atomic mass is 32.2. The number of amides is 4. The summed E-state index contributed by atoms with van der Waals surface area (Å²) in [6, 6.07) is 9.66. The summed E-state index contributed by atoms with van der Waals surface area (Å²) in [5.41, 5.74) is 8.16. The minimum absolute atomic E-state index is 0.0742. The van der Waals surface area contributed by atoms with Gasteiger partial charge in [-0.25, -0.2) is 10.2 Å². The first kappa shape index (κ1) is 21.9. The lowest BCUT2D eigenvalue weighted by Crippen LogP contribution is -2.62. The molecule has 4 rings (SSSR count). The van der Waals surface area contributed by atoms with Gasteiger partial charge in [0.2, 0.25) is 11.8 Å². The summed E-state index contributed by atoms with van der Waals surface area (Å²) in [4.78, 5) is 43.2. The molecule has 3 heterocycles. The van der Waals surface area contributed by atoms with Gasteiger partial charge in [-0.3, -0.25) is 19.9 Å². The quantitative estimate of drug-likeness (QED) is 0.621. The van der Waals surface area contributed by atoms with Gasteiger partial charge in [0.15, 0.2) is 0 Å². The van der Waals surface area contributed by atoms with Crippen molar-refractivity contribution in [2.45, 2.75) is 51.2 Å². The van der Waals surface area contributed by atoms with E-state index < -0.39 is 11.9 Å². The smallest absolute Gasteiger partial charge is 0.328 e. The van der Waals surface area contributed by atoms with Crippen molar-refractivity contribution in [3.8, 4) is 0 Å². The van der Waals surface area contributed by atoms with Gasteiger partial charge in [-0.2, -0.15) is 0 Å². The van der Waals surface area contributed by atoms with E-state index in [0.717, 1.165) is 22.5 Å². The topological polar surface area (TPSA) is 93.8 Å². The van der Waals surface area contributed by atoms with E-state index in [1.54, 1.807) is 4.90 Å². The summed E-state index contributed by atoms with van der Waals surface area (Å²) < 4.78 is 0. The largest absolute Gasteiger partial charge is 0.338 e. The number of nitrogens with one attached hydrogen (secondary N) is 3. The second kappa shape index (κ2) is 9.02. The predicted molar refractivity (Wildman–Crippen MR) is 119 cm³/mol. The van der Waals surface area contributed by atoms with Crippen molar-refractivity contribution in [1.82, 2.24) is 26.0 Å². The molecule has 4 unspecified atom stereocenters. The van der Waals surface area contributed by atoms with E-state index in [9.17, 15) is 14.4 Å². The monoisotopic (exact) mass is 443 g/mol. The summed E-state index contributed by atoms with van der Waals surface area (Å²) in [6.07, 6.45) is 1.18. The molecule has 0 aromatic heterocycles. The first-order chi connectivity index (χ1) is 14.8. The van der Waals surface area contributed by atoms with Crippen molar-refractivity contribution in [3.63, 3.8) is 0 Å². The van der Waals surface area contributed by atoms with Crippen LogP contribution in [0.2, 0.25) is 0 Å². The fourth-order valence-electron chi connectivity index (χ4n) is 4.30. The summed E-state index contributed by atoms with van der Waals surface area (Å²) in [5, 5.41) is 2.56. The Morgan fingerprint density at radius 3 is 2.61 bits per heavy atom. The summed E-state index contributed by atoms with van der Waals surface area (Å²) in [6.45, 7) is 6.17. The van der Waals surface area contributed by atoms with Crippen LogP contribution in [0.4, 0.5) is 4.79 Å². The van der Waals surface area contributed by atoms with Crippen LogP contribution in [0.1, 0.15) is 32.8 Å². The van der Waals surface area contributed by atoms with Crippen molar-refractivity contribution < 1.29 is 14.4 Å². The fraction of sp³-hybridized carbons (Fsp3) is 0.500. The summed E-state index contributed by atoms with van der Waals surface area (Å²) in [5.74, 6) is -0.807. The Bertz CT molecular complexity index is 906. The maximum atomic E-state index is 13.3. The van der Waals surface area contributed by atoms with Crippen LogP contribution in [0.15, 0.2) is 40.8 Å². The van der Waals surface area contributed by atoms with E-state index in [2.05, 4.69) is 16.2 Å². The minimum atomic E-state index is -0.405. The zero-order chi connectivity index (χ0) is 22.1. The third-order valence-electron chi connectivity index (χ3n) is 6.13. The Labute approximate surface area is 186 Å². The number of carbonyl (C=O) groups is 3. The molecule has 0 radical (unpaired) electrons. The molecule has 3 N–H and O–H groups in total. The SMILES string of the molecule is CC1=C(C)C2C(=O)N(CCc3ccccc3)C(=O)N(CC(=O)NC3CC(C)NN3)C2S1. The molecule has 4 atom stereocenters. The van der Waals surface area contributed by atoms with E-state index in [1.165, 1.54) is 16.7 Å². The number of fused-ring (bicyclic) bond motifs is 1. The molecule has 2 fully saturated rings. The van der Waals surface area contributed by atoms with Crippen molar-refractivity contribution >= 4 is 29.6 Å². The zero-order valence-corrected chi connectivity index (χ0v) is 18.9. The van der Waals surface area contributed by atoms with E-state index in [4.69, 9.17) is 0 Å². The normalized spacial score (nSPS) is 28.4. The van der Waals surface area contributed by atoms with Crippen LogP contribution in [0, 0.1) is 5.92 Å². The lowest BCUT2D eigenvalue weighted by molar-refractivity contribution is -0.136. The van der Waals surface area contributed by atoms with Crippen LogP contribution in [0.3, 0.4) is 0 Å². The molecule has 2 saturated heterocycles. The number of rotatable bonds is 6. The fourth-order valence-corrected chi connectivity index (χ4v) is 5.73. The number of hydrogen-bond acceptors (Lipinski definition) is 6. The maximum absolute atomic E-state index is 13.3. The third kappa shape index (κ3) is 4.49. The molecule has 0 bridgehead atoms. The van der Waals surface area contributed by atoms with E-state index in [0.29, 0.717) is 13.0 Å². The van der Waals surface area contributed by atoms with Crippen LogP contribution in [0.25, 0.3) is 0 Å². The van der Waals surface area contributed by atoms with Gasteiger partial charge in [0, 0.05) is 12.6 Å². The lowest BCUT2D eigenvalue weighted by Gasteiger charge is -2.41. The lowest BCUT2D eigenvalue weighted by atomic mass is 9.95. The highest BCUT2D eigenvalue weighted by Gasteiger charge is 2.51. The highest BCUT2D eigenvalue weighted by molar-refractivity contribution is 8.03. The van der Waals surface area contributed by atoms with Crippen molar-refractivity contribution in [1.29, 1.82) is 0 Å². The molecule has 0 saturated carbocycles. The van der Waals surface area contributed by atoms with Crippen LogP contribution in [-0.4, -0.2) is 58.3 Å². The van der Waals surface area contributed by atoms with Crippen molar-refractivity contribution in [2.24, 2.45) is 5.92 Å². The van der Waals surface area contributed by atoms with Gasteiger partial charge in [0.1, 0.15) is 6.54 Å². The van der Waals surface area contributed by atoms with Gasteiger partial charge in [-0.05, 0) is 49.7 Å². The molecule has 4 amide bonds. The molecule has 0 aliphatic carbocycles. The third-order valence-corrected chi connectivity index (χ3v) is 7.57. The van der Waals surface area contributed by atoms with Crippen molar-refractivity contribution in [2.75, 3.05) is 13.1 Å². The number of imide groups is 1. The Morgan fingerprint density at radius 1 is 1.19 bits per heavy atom. The molecule has 0 spiro atoms. The van der Waals surface area contributed by atoms with Gasteiger partial charge in [-0.1, -0.05) is 30.3 Å². The first-order valence-electron chi connectivity index (χ1n) is 10.7. The van der Waals surface area contributed by atoms with Gasteiger partial charge in [-0.15, -0.1) is 11.8 Å². The molecule has 166 valence electrons. The van der Waals surface area contributed by atoms with E-state index in [-0.39, 0.29) is 35.9 Å². The molecular formula is C22H29N5O3S. The molecule has 3 aliphatic rings. The van der Waals surface area contributed by atoms with Gasteiger partial charge < -0.3 is 10.2 Å². The molecule has 1 aromatic rings. The Balaban J connectivity index is 1.50. The van der Waals surface area contributed by atoms with Gasteiger partial charge in [0.25, 0.3) is 0 Å². The van der Waals surface area contributed by atoms with Crippen LogP contribution < -0.4 is 16.2 Å². The number of nitrogens with zero attached hydrogens (tertiary/aromatic N) is 2. The number of urea groups is 1. The number of allylic oxidation sites excluding steroid dienone is 1. The molecule has 9 heteroatoms. The number of thioether (sulfide) groups is 1. The molecule has 8 nitrogen and oxygen atoms in total. The summed E-state index contributed by atoms with van der Waals surface area (Å²) >= 11 is 1.50. The van der Waals surface area contributed by atoms with E-state index in [1.807, 2.05) is 51.1 Å². The predicted octanol–water partition coefficient (Wildman–Crippen LogP) is 1.81. The number of benzene rings is 1. The van der Waals surface area contributed by atoms with Crippen molar-refractivity contribution in [3.05, 3.63) is 46.4 Å². The Hall–Kier alpha value is -2.36. The second-order valence-electron chi connectivity index (χ2n) is 8.41. The van der Waals surface area contributed by atoms with Crippen LogP contribution >= 0.6 is 11.8 Å². The van der Waals surface area contributed by atoms with Crippen LogP contribution in [0.5, 0.6) is 0 Å². The highest BCUT2D eigenvalue weighted by Crippen LogP contribution is 2.46. The molecule has 1 aromatic carbocycles. The molecule has 31 heavy (non-hydrogen) atoms. The molecule has 3 aliphatic heterocycles. The zero-order valence-electron chi connectivity index (χ0n) is 18.1. The first-order valence-corrected chi connectivity index (χ1v) is 11.5.